The highest BCUT2D eigenvalue weighted by Crippen LogP contribution is 2.25. The third kappa shape index (κ3) is 3.14. The summed E-state index contributed by atoms with van der Waals surface area (Å²) in [6.07, 6.45) is 2.92. The molecule has 0 fully saturated rings. The topological polar surface area (TPSA) is 35.5 Å². The summed E-state index contributed by atoms with van der Waals surface area (Å²) in [4.78, 5) is 11.0. The number of hydrogen-bond acceptors (Lipinski definition) is 3. The van der Waals surface area contributed by atoms with E-state index in [1.54, 1.807) is 6.08 Å². The standard InChI is InChI=1S/C11H18O3/c1-5-6-8-7-9(12)13-10(8)14-11(2,3)4/h7,10H,5-6H2,1-4H3. The zero-order valence-electron chi connectivity index (χ0n) is 9.29. The Kier molecular flexibility index (Phi) is 3.32. The van der Waals surface area contributed by atoms with Crippen LogP contribution in [0, 0.1) is 0 Å². The van der Waals surface area contributed by atoms with Crippen LogP contribution in [0.25, 0.3) is 0 Å². The Morgan fingerprint density at radius 3 is 2.64 bits per heavy atom. The van der Waals surface area contributed by atoms with Crippen LogP contribution in [0.5, 0.6) is 0 Å². The van der Waals surface area contributed by atoms with Gasteiger partial charge in [-0.15, -0.1) is 0 Å². The lowest BCUT2D eigenvalue weighted by Crippen LogP contribution is -2.29. The third-order valence-corrected chi connectivity index (χ3v) is 1.83. The van der Waals surface area contributed by atoms with Crippen LogP contribution in [-0.4, -0.2) is 17.9 Å². The molecule has 1 rings (SSSR count). The molecule has 1 aliphatic rings. The maximum Gasteiger partial charge on any atom is 0.333 e. The molecular weight excluding hydrogens is 180 g/mol. The minimum atomic E-state index is -0.470. The number of hydrogen-bond donors (Lipinski definition) is 0. The van der Waals surface area contributed by atoms with Crippen LogP contribution in [0.1, 0.15) is 40.5 Å². The van der Waals surface area contributed by atoms with Gasteiger partial charge in [-0.2, -0.15) is 0 Å². The van der Waals surface area contributed by atoms with Crippen molar-refractivity contribution in [1.82, 2.24) is 0 Å². The molecule has 0 aromatic heterocycles. The van der Waals surface area contributed by atoms with Gasteiger partial charge in [0, 0.05) is 11.6 Å². The number of cyclic esters (lactones) is 1. The van der Waals surface area contributed by atoms with E-state index in [2.05, 4.69) is 6.92 Å². The highest BCUT2D eigenvalue weighted by Gasteiger charge is 2.29. The molecule has 14 heavy (non-hydrogen) atoms. The second kappa shape index (κ2) is 4.13. The molecule has 80 valence electrons. The van der Waals surface area contributed by atoms with Crippen molar-refractivity contribution < 1.29 is 14.3 Å². The van der Waals surface area contributed by atoms with Gasteiger partial charge in [-0.25, -0.2) is 4.79 Å². The number of esters is 1. The lowest BCUT2D eigenvalue weighted by molar-refractivity contribution is -0.180. The van der Waals surface area contributed by atoms with Crippen molar-refractivity contribution in [3.63, 3.8) is 0 Å². The van der Waals surface area contributed by atoms with Crippen LogP contribution in [0.3, 0.4) is 0 Å². The van der Waals surface area contributed by atoms with Gasteiger partial charge < -0.3 is 9.47 Å². The van der Waals surface area contributed by atoms with E-state index in [0.717, 1.165) is 18.4 Å². The second-order valence-electron chi connectivity index (χ2n) is 4.47. The number of carbonyl (C=O) groups excluding carboxylic acids is 1. The predicted molar refractivity (Wildman–Crippen MR) is 53.7 cm³/mol. The van der Waals surface area contributed by atoms with Gasteiger partial charge in [-0.05, 0) is 27.2 Å². The molecule has 1 unspecified atom stereocenters. The predicted octanol–water partition coefficient (Wildman–Crippen LogP) is 2.41. The van der Waals surface area contributed by atoms with Gasteiger partial charge in [0.05, 0.1) is 5.60 Å². The summed E-state index contributed by atoms with van der Waals surface area (Å²) in [7, 11) is 0. The Morgan fingerprint density at radius 2 is 2.14 bits per heavy atom. The van der Waals surface area contributed by atoms with Gasteiger partial charge in [0.1, 0.15) is 0 Å². The summed E-state index contributed by atoms with van der Waals surface area (Å²) in [5.74, 6) is -0.289. The molecule has 0 bridgehead atoms. The van der Waals surface area contributed by atoms with E-state index in [1.165, 1.54) is 0 Å². The van der Waals surface area contributed by atoms with E-state index < -0.39 is 6.29 Å². The van der Waals surface area contributed by atoms with Crippen LogP contribution in [0.15, 0.2) is 11.6 Å². The fraction of sp³-hybridized carbons (Fsp3) is 0.727. The highest BCUT2D eigenvalue weighted by atomic mass is 16.7. The van der Waals surface area contributed by atoms with Crippen molar-refractivity contribution in [2.75, 3.05) is 0 Å². The SMILES string of the molecule is CCCC1=CC(=O)OC1OC(C)(C)C. The maximum absolute atomic E-state index is 11.0. The van der Waals surface area contributed by atoms with Crippen molar-refractivity contribution in [2.24, 2.45) is 0 Å². The van der Waals surface area contributed by atoms with Crippen molar-refractivity contribution in [2.45, 2.75) is 52.4 Å². The molecule has 0 aromatic carbocycles. The average molecular weight is 198 g/mol. The zero-order chi connectivity index (χ0) is 10.8. The number of ether oxygens (including phenoxy) is 2. The first kappa shape index (κ1) is 11.2. The minimum absolute atomic E-state index is 0.289. The van der Waals surface area contributed by atoms with Gasteiger partial charge in [0.15, 0.2) is 0 Å². The summed E-state index contributed by atoms with van der Waals surface area (Å²) >= 11 is 0. The summed E-state index contributed by atoms with van der Waals surface area (Å²) in [6.45, 7) is 7.91. The summed E-state index contributed by atoms with van der Waals surface area (Å²) in [6, 6.07) is 0. The molecule has 0 saturated heterocycles. The summed E-state index contributed by atoms with van der Waals surface area (Å²) < 4.78 is 10.7. The van der Waals surface area contributed by atoms with E-state index in [9.17, 15) is 4.79 Å². The maximum atomic E-state index is 11.0. The van der Waals surface area contributed by atoms with E-state index in [0.29, 0.717) is 0 Å². The van der Waals surface area contributed by atoms with Gasteiger partial charge in [0.25, 0.3) is 0 Å². The third-order valence-electron chi connectivity index (χ3n) is 1.83. The molecule has 1 atom stereocenters. The van der Waals surface area contributed by atoms with Gasteiger partial charge in [-0.3, -0.25) is 0 Å². The van der Waals surface area contributed by atoms with E-state index in [4.69, 9.17) is 9.47 Å². The first-order valence-electron chi connectivity index (χ1n) is 5.01. The van der Waals surface area contributed by atoms with E-state index in [-0.39, 0.29) is 11.6 Å². The Balaban J connectivity index is 2.62. The van der Waals surface area contributed by atoms with Crippen LogP contribution in [0.2, 0.25) is 0 Å². The van der Waals surface area contributed by atoms with E-state index >= 15 is 0 Å². The molecule has 0 amide bonds. The lowest BCUT2D eigenvalue weighted by atomic mass is 10.1. The zero-order valence-corrected chi connectivity index (χ0v) is 9.29. The quantitative estimate of drug-likeness (QED) is 0.653. The average Bonchev–Trinajstić information content (AvgIpc) is 2.28. The molecule has 1 heterocycles. The molecule has 0 spiro atoms. The lowest BCUT2D eigenvalue weighted by Gasteiger charge is -2.25. The first-order chi connectivity index (χ1) is 6.42. The van der Waals surface area contributed by atoms with Crippen molar-refractivity contribution in [3.8, 4) is 0 Å². The van der Waals surface area contributed by atoms with Crippen LogP contribution >= 0.6 is 0 Å². The van der Waals surface area contributed by atoms with Crippen molar-refractivity contribution in [1.29, 1.82) is 0 Å². The Morgan fingerprint density at radius 1 is 1.50 bits per heavy atom. The molecule has 3 nitrogen and oxygen atoms in total. The van der Waals surface area contributed by atoms with Crippen LogP contribution < -0.4 is 0 Å². The molecule has 0 aliphatic carbocycles. The minimum Gasteiger partial charge on any atom is -0.428 e. The fourth-order valence-electron chi connectivity index (χ4n) is 1.33. The van der Waals surface area contributed by atoms with Crippen molar-refractivity contribution in [3.05, 3.63) is 11.6 Å². The monoisotopic (exact) mass is 198 g/mol. The first-order valence-corrected chi connectivity index (χ1v) is 5.01. The molecule has 0 N–H and O–H groups in total. The Labute approximate surface area is 85.1 Å². The van der Waals surface area contributed by atoms with Gasteiger partial charge in [0.2, 0.25) is 6.29 Å². The molecule has 1 aliphatic heterocycles. The largest absolute Gasteiger partial charge is 0.428 e. The Hall–Kier alpha value is -0.830. The molecule has 0 radical (unpaired) electrons. The molecule has 3 heteroatoms. The molecule has 0 saturated carbocycles. The summed E-state index contributed by atoms with van der Waals surface area (Å²) in [5, 5.41) is 0. The normalized spacial score (nSPS) is 22.1. The van der Waals surface area contributed by atoms with Crippen LogP contribution in [-0.2, 0) is 14.3 Å². The van der Waals surface area contributed by atoms with Crippen molar-refractivity contribution >= 4 is 5.97 Å². The smallest absolute Gasteiger partial charge is 0.333 e. The number of carbonyl (C=O) groups is 1. The van der Waals surface area contributed by atoms with Gasteiger partial charge >= 0.3 is 5.97 Å². The number of rotatable bonds is 3. The van der Waals surface area contributed by atoms with Gasteiger partial charge in [-0.1, -0.05) is 13.3 Å². The molecule has 0 aromatic rings. The van der Waals surface area contributed by atoms with E-state index in [1.807, 2.05) is 20.8 Å². The fourth-order valence-corrected chi connectivity index (χ4v) is 1.33. The highest BCUT2D eigenvalue weighted by molar-refractivity contribution is 5.85. The molecular formula is C11H18O3. The summed E-state index contributed by atoms with van der Waals surface area (Å²) in [5.41, 5.74) is 0.662. The second-order valence-corrected chi connectivity index (χ2v) is 4.47. The van der Waals surface area contributed by atoms with Crippen LogP contribution in [0.4, 0.5) is 0 Å². The Bertz CT molecular complexity index is 248.